The van der Waals surface area contributed by atoms with Crippen LogP contribution in [0.5, 0.6) is 0 Å². The molecule has 31 heavy (non-hydrogen) atoms. The lowest BCUT2D eigenvalue weighted by Crippen LogP contribution is -2.47. The molecule has 0 N–H and O–H groups in total. The standard InChI is InChI=1S/C24H29N5O2/c1-3-27-16-19-14-20(6-7-21(19)24(27)31)29-8-4-5-17-13-18(15-25-22(17)29)23(30)28-11-9-26(2)10-12-28/h6-7,13-15H,3-5,8-12,16H2,1-2H3. The second kappa shape index (κ2) is 7.96. The van der Waals surface area contributed by atoms with E-state index >= 15 is 0 Å². The first-order chi connectivity index (χ1) is 15.0. The Morgan fingerprint density at radius 2 is 1.87 bits per heavy atom. The highest BCUT2D eigenvalue weighted by atomic mass is 16.2. The first kappa shape index (κ1) is 20.0. The Bertz CT molecular complexity index is 1030. The summed E-state index contributed by atoms with van der Waals surface area (Å²) in [6.45, 7) is 7.64. The van der Waals surface area contributed by atoms with Gasteiger partial charge in [-0.1, -0.05) is 0 Å². The summed E-state index contributed by atoms with van der Waals surface area (Å²) in [5, 5.41) is 0. The fourth-order valence-corrected chi connectivity index (χ4v) is 4.81. The summed E-state index contributed by atoms with van der Waals surface area (Å²) in [4.78, 5) is 38.4. The van der Waals surface area contributed by atoms with Gasteiger partial charge >= 0.3 is 0 Å². The number of nitrogens with zero attached hydrogens (tertiary/aromatic N) is 5. The first-order valence-electron chi connectivity index (χ1n) is 11.2. The largest absolute Gasteiger partial charge is 0.336 e. The number of benzene rings is 1. The molecule has 2 amide bonds. The van der Waals surface area contributed by atoms with Crippen molar-refractivity contribution in [1.82, 2.24) is 19.7 Å². The predicted octanol–water partition coefficient (Wildman–Crippen LogP) is 2.53. The average Bonchev–Trinajstić information content (AvgIpc) is 3.13. The van der Waals surface area contributed by atoms with Crippen molar-refractivity contribution in [2.75, 3.05) is 51.2 Å². The van der Waals surface area contributed by atoms with Gasteiger partial charge in [0.1, 0.15) is 5.82 Å². The van der Waals surface area contributed by atoms with Crippen molar-refractivity contribution in [1.29, 1.82) is 0 Å². The molecule has 0 aliphatic carbocycles. The molecule has 0 spiro atoms. The second-order valence-corrected chi connectivity index (χ2v) is 8.72. The van der Waals surface area contributed by atoms with Crippen molar-refractivity contribution in [3.8, 4) is 0 Å². The minimum atomic E-state index is 0.0798. The topological polar surface area (TPSA) is 60.0 Å². The zero-order valence-corrected chi connectivity index (χ0v) is 18.3. The molecule has 0 saturated carbocycles. The normalized spacial score (nSPS) is 18.9. The van der Waals surface area contributed by atoms with Crippen LogP contribution in [0.1, 0.15) is 45.2 Å². The molecular formula is C24H29N5O2. The summed E-state index contributed by atoms with van der Waals surface area (Å²) in [7, 11) is 2.09. The maximum Gasteiger partial charge on any atom is 0.255 e. The van der Waals surface area contributed by atoms with Crippen molar-refractivity contribution < 1.29 is 9.59 Å². The Kier molecular flexibility index (Phi) is 5.14. The summed E-state index contributed by atoms with van der Waals surface area (Å²) in [5.74, 6) is 1.13. The Balaban J connectivity index is 1.40. The van der Waals surface area contributed by atoms with E-state index in [1.807, 2.05) is 34.9 Å². The molecule has 1 aromatic heterocycles. The lowest BCUT2D eigenvalue weighted by molar-refractivity contribution is 0.0663. The van der Waals surface area contributed by atoms with Gasteiger partial charge in [-0.15, -0.1) is 0 Å². The van der Waals surface area contributed by atoms with E-state index in [1.165, 1.54) is 0 Å². The van der Waals surface area contributed by atoms with E-state index in [0.717, 1.165) is 80.3 Å². The van der Waals surface area contributed by atoms with E-state index in [4.69, 9.17) is 4.98 Å². The van der Waals surface area contributed by atoms with Gasteiger partial charge in [0, 0.05) is 63.3 Å². The zero-order valence-electron chi connectivity index (χ0n) is 18.3. The number of anilines is 2. The molecule has 1 aromatic carbocycles. The third-order valence-corrected chi connectivity index (χ3v) is 6.72. The number of likely N-dealkylation sites (N-methyl/N-ethyl adjacent to an activating group) is 1. The molecule has 7 heteroatoms. The monoisotopic (exact) mass is 419 g/mol. The van der Waals surface area contributed by atoms with Gasteiger partial charge in [0.15, 0.2) is 0 Å². The molecule has 0 unspecified atom stereocenters. The van der Waals surface area contributed by atoms with Crippen LogP contribution < -0.4 is 4.90 Å². The minimum Gasteiger partial charge on any atom is -0.336 e. The van der Waals surface area contributed by atoms with Crippen LogP contribution in [0.4, 0.5) is 11.5 Å². The third-order valence-electron chi connectivity index (χ3n) is 6.72. The number of amides is 2. The van der Waals surface area contributed by atoms with Crippen LogP contribution in [-0.4, -0.2) is 77.8 Å². The van der Waals surface area contributed by atoms with E-state index in [0.29, 0.717) is 12.1 Å². The summed E-state index contributed by atoms with van der Waals surface area (Å²) < 4.78 is 0. The minimum absolute atomic E-state index is 0.0798. The molecule has 1 fully saturated rings. The molecule has 1 saturated heterocycles. The van der Waals surface area contributed by atoms with Gasteiger partial charge in [0.05, 0.1) is 5.56 Å². The Hall–Kier alpha value is -2.93. The van der Waals surface area contributed by atoms with Crippen LogP contribution in [0, 0.1) is 0 Å². The van der Waals surface area contributed by atoms with Crippen molar-refractivity contribution in [2.45, 2.75) is 26.3 Å². The fraction of sp³-hybridized carbons (Fsp3) is 0.458. The summed E-state index contributed by atoms with van der Waals surface area (Å²) in [6.07, 6.45) is 3.67. The smallest absolute Gasteiger partial charge is 0.255 e. The van der Waals surface area contributed by atoms with Crippen molar-refractivity contribution in [3.63, 3.8) is 0 Å². The van der Waals surface area contributed by atoms with E-state index < -0.39 is 0 Å². The van der Waals surface area contributed by atoms with Crippen molar-refractivity contribution in [3.05, 3.63) is 52.7 Å². The molecule has 3 aliphatic rings. The molecule has 0 radical (unpaired) electrons. The molecular weight excluding hydrogens is 390 g/mol. The van der Waals surface area contributed by atoms with Gasteiger partial charge in [0.25, 0.3) is 11.8 Å². The number of rotatable bonds is 3. The van der Waals surface area contributed by atoms with Gasteiger partial charge in [-0.05, 0) is 62.2 Å². The van der Waals surface area contributed by atoms with Crippen molar-refractivity contribution >= 4 is 23.3 Å². The Morgan fingerprint density at radius 1 is 1.06 bits per heavy atom. The lowest BCUT2D eigenvalue weighted by atomic mass is 10.0. The van der Waals surface area contributed by atoms with Crippen LogP contribution in [0.3, 0.4) is 0 Å². The van der Waals surface area contributed by atoms with Crippen LogP contribution in [0.25, 0.3) is 0 Å². The number of fused-ring (bicyclic) bond motifs is 2. The SMILES string of the molecule is CCN1Cc2cc(N3CCCc4cc(C(=O)N5CCN(C)CC5)cnc43)ccc2C1=O. The number of pyridine rings is 1. The second-order valence-electron chi connectivity index (χ2n) is 8.72. The van der Waals surface area contributed by atoms with E-state index in [1.54, 1.807) is 6.20 Å². The first-order valence-corrected chi connectivity index (χ1v) is 11.2. The average molecular weight is 420 g/mol. The van der Waals surface area contributed by atoms with Gasteiger partial charge in [-0.25, -0.2) is 4.98 Å². The highest BCUT2D eigenvalue weighted by Crippen LogP contribution is 2.35. The molecule has 2 aromatic rings. The molecule has 7 nitrogen and oxygen atoms in total. The molecule has 0 bridgehead atoms. The Morgan fingerprint density at radius 3 is 2.65 bits per heavy atom. The molecule has 162 valence electrons. The van der Waals surface area contributed by atoms with Crippen LogP contribution >= 0.6 is 0 Å². The van der Waals surface area contributed by atoms with Crippen LogP contribution in [0.2, 0.25) is 0 Å². The number of carbonyl (C=O) groups excluding carboxylic acids is 2. The van der Waals surface area contributed by atoms with Crippen molar-refractivity contribution in [2.24, 2.45) is 0 Å². The van der Waals surface area contributed by atoms with E-state index in [-0.39, 0.29) is 11.8 Å². The van der Waals surface area contributed by atoms with Gasteiger partial charge in [-0.2, -0.15) is 0 Å². The van der Waals surface area contributed by atoms with Gasteiger partial charge in [0.2, 0.25) is 0 Å². The zero-order chi connectivity index (χ0) is 21.5. The highest BCUT2D eigenvalue weighted by Gasteiger charge is 2.29. The number of hydrogen-bond donors (Lipinski definition) is 0. The number of piperazine rings is 1. The van der Waals surface area contributed by atoms with Gasteiger partial charge < -0.3 is 19.6 Å². The molecule has 3 aliphatic heterocycles. The molecule has 5 rings (SSSR count). The molecule has 0 atom stereocenters. The van der Waals surface area contributed by atoms with Crippen LogP contribution in [0.15, 0.2) is 30.5 Å². The molecule has 4 heterocycles. The van der Waals surface area contributed by atoms with Crippen LogP contribution in [-0.2, 0) is 13.0 Å². The fourth-order valence-electron chi connectivity index (χ4n) is 4.81. The third kappa shape index (κ3) is 3.57. The summed E-state index contributed by atoms with van der Waals surface area (Å²) in [6, 6.07) is 8.13. The number of carbonyl (C=O) groups is 2. The predicted molar refractivity (Wildman–Crippen MR) is 120 cm³/mol. The highest BCUT2D eigenvalue weighted by molar-refractivity contribution is 5.99. The lowest BCUT2D eigenvalue weighted by Gasteiger charge is -2.33. The van der Waals surface area contributed by atoms with E-state index in [9.17, 15) is 9.59 Å². The number of aryl methyl sites for hydroxylation is 1. The number of aromatic nitrogens is 1. The Labute approximate surface area is 183 Å². The van der Waals surface area contributed by atoms with Gasteiger partial charge in [-0.3, -0.25) is 9.59 Å². The maximum atomic E-state index is 13.0. The maximum absolute atomic E-state index is 13.0. The van der Waals surface area contributed by atoms with E-state index in [2.05, 4.69) is 22.9 Å². The quantitative estimate of drug-likeness (QED) is 0.765. The number of hydrogen-bond acceptors (Lipinski definition) is 5. The summed E-state index contributed by atoms with van der Waals surface area (Å²) in [5.41, 5.74) is 4.76. The summed E-state index contributed by atoms with van der Waals surface area (Å²) >= 11 is 0.